The van der Waals surface area contributed by atoms with Gasteiger partial charge in [0.25, 0.3) is 0 Å². The number of ether oxygens (including phenoxy) is 1. The highest BCUT2D eigenvalue weighted by atomic mass is 19.4. The van der Waals surface area contributed by atoms with Gasteiger partial charge in [-0.1, -0.05) is 17.3 Å². The molecule has 0 aliphatic rings. The second kappa shape index (κ2) is 11.1. The van der Waals surface area contributed by atoms with Crippen molar-refractivity contribution in [3.8, 4) is 0 Å². The maximum Gasteiger partial charge on any atom is 0.416 e. The van der Waals surface area contributed by atoms with E-state index in [0.717, 1.165) is 18.6 Å². The van der Waals surface area contributed by atoms with Gasteiger partial charge in [0.2, 0.25) is 0 Å². The van der Waals surface area contributed by atoms with Crippen LogP contribution in [0.3, 0.4) is 0 Å². The maximum absolute atomic E-state index is 13.0. The van der Waals surface area contributed by atoms with Crippen LogP contribution in [-0.2, 0) is 20.5 Å². The minimum atomic E-state index is -4.46. The molecule has 0 bridgehead atoms. The second-order valence-corrected chi connectivity index (χ2v) is 6.10. The number of hydrogen-bond donors (Lipinski definition) is 0. The fraction of sp³-hybridized carbons (Fsp3) is 0.400. The Hall–Kier alpha value is -2.97. The lowest BCUT2D eigenvalue weighted by Crippen LogP contribution is -2.10. The van der Waals surface area contributed by atoms with Crippen molar-refractivity contribution in [3.63, 3.8) is 0 Å². The summed E-state index contributed by atoms with van der Waals surface area (Å²) >= 11 is 0. The Morgan fingerprint density at radius 3 is 2.62 bits per heavy atom. The van der Waals surface area contributed by atoms with Crippen LogP contribution in [0, 0.1) is 0 Å². The molecule has 0 atom stereocenters. The molecule has 156 valence electrons. The van der Waals surface area contributed by atoms with E-state index in [1.165, 1.54) is 24.5 Å². The molecule has 0 fully saturated rings. The van der Waals surface area contributed by atoms with Gasteiger partial charge in [-0.2, -0.15) is 23.4 Å². The van der Waals surface area contributed by atoms with Gasteiger partial charge in [-0.05, 0) is 44.4 Å². The fourth-order valence-electron chi connectivity index (χ4n) is 2.50. The molecule has 29 heavy (non-hydrogen) atoms. The van der Waals surface area contributed by atoms with Crippen molar-refractivity contribution >= 4 is 11.7 Å². The average molecular weight is 409 g/mol. The van der Waals surface area contributed by atoms with Gasteiger partial charge in [-0.15, -0.1) is 0 Å². The van der Waals surface area contributed by atoms with Crippen LogP contribution in [0.25, 0.3) is 0 Å². The van der Waals surface area contributed by atoms with Crippen LogP contribution in [0.1, 0.15) is 49.3 Å². The highest BCUT2D eigenvalue weighted by Crippen LogP contribution is 2.30. The first-order valence-corrected chi connectivity index (χ1v) is 9.22. The van der Waals surface area contributed by atoms with Crippen LogP contribution in [-0.4, -0.2) is 35.1 Å². The summed E-state index contributed by atoms with van der Waals surface area (Å²) in [6, 6.07) is 6.45. The summed E-state index contributed by atoms with van der Waals surface area (Å²) in [7, 11) is 0. The van der Waals surface area contributed by atoms with Gasteiger partial charge in [0.15, 0.2) is 0 Å². The number of carbonyl (C=O) groups excluding carboxylic acids is 1. The molecule has 9 heteroatoms. The van der Waals surface area contributed by atoms with E-state index in [2.05, 4.69) is 15.4 Å². The molecule has 1 aromatic heterocycles. The van der Waals surface area contributed by atoms with Crippen molar-refractivity contribution in [2.24, 2.45) is 5.16 Å². The third-order valence-corrected chi connectivity index (χ3v) is 3.90. The van der Waals surface area contributed by atoms with Crippen molar-refractivity contribution in [1.82, 2.24) is 10.2 Å². The van der Waals surface area contributed by atoms with Gasteiger partial charge in [0, 0.05) is 17.5 Å². The molecule has 0 saturated carbocycles. The zero-order valence-corrected chi connectivity index (χ0v) is 16.0. The van der Waals surface area contributed by atoms with Crippen LogP contribution in [0.4, 0.5) is 13.2 Å². The molecule has 0 saturated heterocycles. The third-order valence-electron chi connectivity index (χ3n) is 3.90. The Labute approximate surface area is 166 Å². The van der Waals surface area contributed by atoms with Crippen molar-refractivity contribution in [1.29, 1.82) is 0 Å². The van der Waals surface area contributed by atoms with E-state index in [0.29, 0.717) is 31.4 Å². The molecule has 0 spiro atoms. The van der Waals surface area contributed by atoms with E-state index in [9.17, 15) is 18.0 Å². The molecule has 6 nitrogen and oxygen atoms in total. The second-order valence-electron chi connectivity index (χ2n) is 6.10. The van der Waals surface area contributed by atoms with Gasteiger partial charge >= 0.3 is 12.1 Å². The topological polar surface area (TPSA) is 73.7 Å². The van der Waals surface area contributed by atoms with Crippen molar-refractivity contribution in [2.45, 2.75) is 38.8 Å². The van der Waals surface area contributed by atoms with Gasteiger partial charge in [0.05, 0.1) is 24.6 Å². The standard InChI is InChI=1S/C20H22F3N3O3/c1-2-28-18(27)9-4-3-5-12-29-26-19(16-10-11-24-25-14-16)15-7-6-8-17(13-15)20(21,22)23/h6-8,10-11,13-14H,2-5,9,12H2,1H3/b26-19+. The monoisotopic (exact) mass is 409 g/mol. The number of benzene rings is 1. The van der Waals surface area contributed by atoms with Gasteiger partial charge < -0.3 is 9.57 Å². The Morgan fingerprint density at radius 2 is 1.93 bits per heavy atom. The van der Waals surface area contributed by atoms with Gasteiger partial charge in [-0.3, -0.25) is 4.79 Å². The van der Waals surface area contributed by atoms with E-state index in [1.807, 2.05) is 0 Å². The highest BCUT2D eigenvalue weighted by Gasteiger charge is 2.30. The van der Waals surface area contributed by atoms with E-state index in [1.54, 1.807) is 13.0 Å². The quantitative estimate of drug-likeness (QED) is 0.252. The first kappa shape index (κ1) is 22.3. The molecular formula is C20H22F3N3O3. The molecule has 0 amide bonds. The number of hydrogen-bond acceptors (Lipinski definition) is 6. The maximum atomic E-state index is 13.0. The van der Waals surface area contributed by atoms with Crippen molar-refractivity contribution in [2.75, 3.05) is 13.2 Å². The number of oxime groups is 1. The number of esters is 1. The molecule has 2 aromatic rings. The summed E-state index contributed by atoms with van der Waals surface area (Å²) in [4.78, 5) is 16.6. The minimum absolute atomic E-state index is 0.233. The Balaban J connectivity index is 2.02. The summed E-state index contributed by atoms with van der Waals surface area (Å²) < 4.78 is 44.0. The third kappa shape index (κ3) is 7.52. The predicted molar refractivity (Wildman–Crippen MR) is 100 cm³/mol. The summed E-state index contributed by atoms with van der Waals surface area (Å²) in [5.74, 6) is -0.233. The lowest BCUT2D eigenvalue weighted by Gasteiger charge is -2.11. The molecular weight excluding hydrogens is 387 g/mol. The first-order valence-electron chi connectivity index (χ1n) is 9.22. The Morgan fingerprint density at radius 1 is 1.10 bits per heavy atom. The van der Waals surface area contributed by atoms with E-state index >= 15 is 0 Å². The molecule has 0 aliphatic carbocycles. The normalized spacial score (nSPS) is 11.9. The van der Waals surface area contributed by atoms with E-state index in [4.69, 9.17) is 9.57 Å². The van der Waals surface area contributed by atoms with E-state index in [-0.39, 0.29) is 23.9 Å². The van der Waals surface area contributed by atoms with Crippen LogP contribution < -0.4 is 0 Å². The largest absolute Gasteiger partial charge is 0.466 e. The number of unbranched alkanes of at least 4 members (excludes halogenated alkanes) is 2. The van der Waals surface area contributed by atoms with Gasteiger partial charge in [0.1, 0.15) is 12.3 Å². The zero-order valence-electron chi connectivity index (χ0n) is 16.0. The van der Waals surface area contributed by atoms with Crippen LogP contribution in [0.5, 0.6) is 0 Å². The predicted octanol–water partition coefficient (Wildman–Crippen LogP) is 4.39. The van der Waals surface area contributed by atoms with Crippen molar-refractivity contribution in [3.05, 3.63) is 59.4 Å². The lowest BCUT2D eigenvalue weighted by atomic mass is 10.0. The molecule has 0 radical (unpaired) electrons. The number of aromatic nitrogens is 2. The van der Waals surface area contributed by atoms with Gasteiger partial charge in [-0.25, -0.2) is 0 Å². The first-order chi connectivity index (χ1) is 13.9. The molecule has 1 heterocycles. The lowest BCUT2D eigenvalue weighted by molar-refractivity contribution is -0.143. The highest BCUT2D eigenvalue weighted by molar-refractivity contribution is 6.12. The molecule has 1 aromatic carbocycles. The number of halogens is 3. The number of nitrogens with zero attached hydrogens (tertiary/aromatic N) is 3. The SMILES string of the molecule is CCOC(=O)CCCCCO/N=C(/c1ccnnc1)c1cccc(C(F)(F)F)c1. The summed E-state index contributed by atoms with van der Waals surface area (Å²) in [6.45, 7) is 2.38. The van der Waals surface area contributed by atoms with Crippen LogP contribution in [0.15, 0.2) is 47.9 Å². The molecule has 0 unspecified atom stereocenters. The van der Waals surface area contributed by atoms with Crippen LogP contribution >= 0.6 is 0 Å². The summed E-state index contributed by atoms with van der Waals surface area (Å²) in [5, 5.41) is 11.5. The number of carbonyl (C=O) groups is 1. The fourth-order valence-corrected chi connectivity index (χ4v) is 2.50. The number of rotatable bonds is 10. The summed E-state index contributed by atoms with van der Waals surface area (Å²) in [5.41, 5.74) is 0.206. The van der Waals surface area contributed by atoms with Crippen molar-refractivity contribution < 1.29 is 27.5 Å². The minimum Gasteiger partial charge on any atom is -0.466 e. The zero-order chi connectivity index (χ0) is 21.1. The average Bonchev–Trinajstić information content (AvgIpc) is 2.70. The molecule has 0 aliphatic heterocycles. The smallest absolute Gasteiger partial charge is 0.416 e. The molecule has 0 N–H and O–H groups in total. The van der Waals surface area contributed by atoms with Crippen LogP contribution in [0.2, 0.25) is 0 Å². The van der Waals surface area contributed by atoms with E-state index < -0.39 is 11.7 Å². The summed E-state index contributed by atoms with van der Waals surface area (Å²) in [6.07, 6.45) is 0.764. The molecule has 2 rings (SSSR count). The number of alkyl halides is 3. The Kier molecular flexibility index (Phi) is 8.57. The Bertz CT molecular complexity index is 811.